The average Bonchev–Trinajstić information content (AvgIpc) is 3.11. The van der Waals surface area contributed by atoms with E-state index in [-0.39, 0.29) is 40.9 Å². The summed E-state index contributed by atoms with van der Waals surface area (Å²) >= 11 is 7.62. The second-order valence-electron chi connectivity index (χ2n) is 7.11. The van der Waals surface area contributed by atoms with Crippen LogP contribution in [0.25, 0.3) is 0 Å². The Morgan fingerprint density at radius 2 is 1.90 bits per heavy atom. The first-order valence-electron chi connectivity index (χ1n) is 9.04. The van der Waals surface area contributed by atoms with Crippen molar-refractivity contribution in [2.24, 2.45) is 4.99 Å². The summed E-state index contributed by atoms with van der Waals surface area (Å²) in [6.45, 7) is 0.381. The Balaban J connectivity index is 1.58. The highest BCUT2D eigenvalue weighted by Gasteiger charge is 2.48. The number of thioether (sulfide) groups is 1. The number of nitrogens with zero attached hydrogens (tertiary/aromatic N) is 2. The van der Waals surface area contributed by atoms with Gasteiger partial charge < -0.3 is 4.90 Å². The largest absolute Gasteiger partial charge is 0.342 e. The van der Waals surface area contributed by atoms with E-state index in [1.807, 2.05) is 23.1 Å². The monoisotopic (exact) mass is 452 g/mol. The fourth-order valence-electron chi connectivity index (χ4n) is 3.55. The molecule has 2 aliphatic rings. The average molecular weight is 453 g/mol. The molecule has 5 nitrogen and oxygen atoms in total. The minimum absolute atomic E-state index is 0.0420. The van der Waals surface area contributed by atoms with Crippen molar-refractivity contribution < 1.29 is 17.6 Å². The second kappa shape index (κ2) is 8.08. The van der Waals surface area contributed by atoms with E-state index in [9.17, 15) is 17.6 Å². The maximum Gasteiger partial charge on any atom is 0.252 e. The molecule has 0 unspecified atom stereocenters. The number of benzene rings is 2. The number of amides is 1. The first kappa shape index (κ1) is 20.4. The number of sulfone groups is 1. The lowest BCUT2D eigenvalue weighted by Gasteiger charge is -2.25. The summed E-state index contributed by atoms with van der Waals surface area (Å²) < 4.78 is 37.3. The minimum atomic E-state index is -3.12. The predicted molar refractivity (Wildman–Crippen MR) is 113 cm³/mol. The molecule has 0 radical (unpaired) electrons. The molecule has 0 bridgehead atoms. The Hall–Kier alpha value is -1.90. The number of carbonyl (C=O) groups is 1. The molecule has 2 aromatic carbocycles. The van der Waals surface area contributed by atoms with Crippen molar-refractivity contribution in [3.63, 3.8) is 0 Å². The van der Waals surface area contributed by atoms with Gasteiger partial charge in [-0.3, -0.25) is 4.79 Å². The molecule has 9 heteroatoms. The number of carbonyl (C=O) groups excluding carboxylic acids is 1. The molecular formula is C20H18ClFN2O3S2. The van der Waals surface area contributed by atoms with Crippen LogP contribution in [-0.2, 0) is 27.6 Å². The molecule has 0 saturated carbocycles. The number of halogens is 2. The molecule has 4 rings (SSSR count). The molecule has 152 valence electrons. The van der Waals surface area contributed by atoms with E-state index in [0.29, 0.717) is 22.3 Å². The summed E-state index contributed by atoms with van der Waals surface area (Å²) in [4.78, 5) is 18.6. The maximum atomic E-state index is 13.1. The first-order chi connectivity index (χ1) is 13.8. The fourth-order valence-corrected chi connectivity index (χ4v) is 7.72. The van der Waals surface area contributed by atoms with Crippen LogP contribution in [0.4, 0.5) is 4.39 Å². The van der Waals surface area contributed by atoms with Gasteiger partial charge in [0.2, 0.25) is 0 Å². The third kappa shape index (κ3) is 4.65. The topological polar surface area (TPSA) is 66.8 Å². The van der Waals surface area contributed by atoms with Gasteiger partial charge in [0.1, 0.15) is 5.82 Å². The van der Waals surface area contributed by atoms with Gasteiger partial charge in [0.05, 0.1) is 24.0 Å². The normalized spacial score (nSPS) is 24.1. The Morgan fingerprint density at radius 1 is 1.17 bits per heavy atom. The van der Waals surface area contributed by atoms with E-state index < -0.39 is 9.84 Å². The predicted octanol–water partition coefficient (Wildman–Crippen LogP) is 3.32. The lowest BCUT2D eigenvalue weighted by molar-refractivity contribution is -0.117. The van der Waals surface area contributed by atoms with Crippen molar-refractivity contribution in [1.29, 1.82) is 0 Å². The number of aliphatic imine (C=N–C) groups is 1. The number of fused-ring (bicyclic) bond motifs is 1. The highest BCUT2D eigenvalue weighted by Crippen LogP contribution is 2.39. The van der Waals surface area contributed by atoms with Crippen LogP contribution in [0.3, 0.4) is 0 Å². The van der Waals surface area contributed by atoms with E-state index in [1.54, 1.807) is 18.2 Å². The van der Waals surface area contributed by atoms with Gasteiger partial charge in [-0.25, -0.2) is 12.8 Å². The van der Waals surface area contributed by atoms with E-state index in [4.69, 9.17) is 11.6 Å². The standard InChI is InChI=1S/C20H18ClFN2O3S2/c21-16-4-2-1-3-14(16)10-24-17-11-29(26,27)12-18(17)28-20(24)23-19(25)9-13-5-7-15(22)8-6-13/h1-8,17-18H,9-12H2/t17-,18-/m1/s1. The van der Waals surface area contributed by atoms with Gasteiger partial charge in [0.15, 0.2) is 15.0 Å². The molecule has 0 spiro atoms. The Labute approximate surface area is 177 Å². The van der Waals surface area contributed by atoms with Crippen LogP contribution in [0.15, 0.2) is 53.5 Å². The third-order valence-electron chi connectivity index (χ3n) is 4.96. The first-order valence-corrected chi connectivity index (χ1v) is 12.1. The molecule has 2 saturated heterocycles. The van der Waals surface area contributed by atoms with Gasteiger partial charge in [0, 0.05) is 16.8 Å². The van der Waals surface area contributed by atoms with Crippen molar-refractivity contribution in [3.05, 3.63) is 70.5 Å². The van der Waals surface area contributed by atoms with Crippen molar-refractivity contribution in [1.82, 2.24) is 4.90 Å². The van der Waals surface area contributed by atoms with Crippen LogP contribution in [0, 0.1) is 5.82 Å². The molecule has 0 aromatic heterocycles. The van der Waals surface area contributed by atoms with Gasteiger partial charge >= 0.3 is 0 Å². The van der Waals surface area contributed by atoms with E-state index in [0.717, 1.165) is 5.56 Å². The van der Waals surface area contributed by atoms with Crippen LogP contribution in [-0.4, -0.2) is 47.2 Å². The zero-order valence-corrected chi connectivity index (χ0v) is 17.7. The SMILES string of the molecule is O=C(Cc1ccc(F)cc1)N=C1S[C@@H]2CS(=O)(=O)C[C@H]2N1Cc1ccccc1Cl. The summed E-state index contributed by atoms with van der Waals surface area (Å²) in [5, 5.41) is 0.945. The quantitative estimate of drug-likeness (QED) is 0.712. The van der Waals surface area contributed by atoms with Crippen LogP contribution < -0.4 is 0 Å². The van der Waals surface area contributed by atoms with Crippen molar-refractivity contribution >= 4 is 44.3 Å². The van der Waals surface area contributed by atoms with Crippen LogP contribution in [0.2, 0.25) is 5.02 Å². The van der Waals surface area contributed by atoms with Crippen LogP contribution in [0.5, 0.6) is 0 Å². The summed E-state index contributed by atoms with van der Waals surface area (Å²) in [6.07, 6.45) is 0.0535. The Bertz CT molecular complexity index is 1070. The molecule has 2 heterocycles. The molecule has 29 heavy (non-hydrogen) atoms. The molecule has 2 fully saturated rings. The van der Waals surface area contributed by atoms with Gasteiger partial charge in [-0.1, -0.05) is 53.7 Å². The van der Waals surface area contributed by atoms with Crippen molar-refractivity contribution in [2.75, 3.05) is 11.5 Å². The molecule has 1 amide bonds. The molecule has 2 aliphatic heterocycles. The second-order valence-corrected chi connectivity index (χ2v) is 10.9. The third-order valence-corrected chi connectivity index (χ3v) is 8.58. The number of hydrogen-bond donors (Lipinski definition) is 0. The zero-order chi connectivity index (χ0) is 20.6. The van der Waals surface area contributed by atoms with Crippen LogP contribution >= 0.6 is 23.4 Å². The number of hydrogen-bond acceptors (Lipinski definition) is 4. The summed E-state index contributed by atoms with van der Waals surface area (Å²) in [6, 6.07) is 12.8. The van der Waals surface area contributed by atoms with Crippen molar-refractivity contribution in [2.45, 2.75) is 24.3 Å². The zero-order valence-electron chi connectivity index (χ0n) is 15.3. The molecule has 2 aromatic rings. The van der Waals surface area contributed by atoms with Gasteiger partial charge in [0.25, 0.3) is 5.91 Å². The Morgan fingerprint density at radius 3 is 2.62 bits per heavy atom. The molecule has 2 atom stereocenters. The number of rotatable bonds is 4. The Kier molecular flexibility index (Phi) is 5.68. The van der Waals surface area contributed by atoms with Crippen LogP contribution in [0.1, 0.15) is 11.1 Å². The lowest BCUT2D eigenvalue weighted by Crippen LogP contribution is -2.37. The van der Waals surface area contributed by atoms with Gasteiger partial charge in [-0.2, -0.15) is 4.99 Å². The minimum Gasteiger partial charge on any atom is -0.342 e. The van der Waals surface area contributed by atoms with Crippen molar-refractivity contribution in [3.8, 4) is 0 Å². The van der Waals surface area contributed by atoms with E-state index in [1.165, 1.54) is 23.9 Å². The highest BCUT2D eigenvalue weighted by atomic mass is 35.5. The maximum absolute atomic E-state index is 13.1. The lowest BCUT2D eigenvalue weighted by atomic mass is 10.1. The summed E-state index contributed by atoms with van der Waals surface area (Å²) in [5.74, 6) is -0.600. The number of amidine groups is 1. The molecule has 0 N–H and O–H groups in total. The highest BCUT2D eigenvalue weighted by molar-refractivity contribution is 8.15. The summed E-state index contributed by atoms with van der Waals surface area (Å²) in [5.41, 5.74) is 1.52. The van der Waals surface area contributed by atoms with Gasteiger partial charge in [-0.05, 0) is 29.3 Å². The molecular weight excluding hydrogens is 435 g/mol. The fraction of sp³-hybridized carbons (Fsp3) is 0.300. The smallest absolute Gasteiger partial charge is 0.252 e. The van der Waals surface area contributed by atoms with E-state index in [2.05, 4.69) is 4.99 Å². The summed E-state index contributed by atoms with van der Waals surface area (Å²) in [7, 11) is -3.12. The van der Waals surface area contributed by atoms with Gasteiger partial charge in [-0.15, -0.1) is 0 Å². The molecule has 0 aliphatic carbocycles. The van der Waals surface area contributed by atoms with E-state index >= 15 is 0 Å².